The molecule has 0 radical (unpaired) electrons. The SMILES string of the molecule is Cc1cccc(CN(CCN(C)C)Cc2nc[nH]c2C)n1. The zero-order valence-corrected chi connectivity index (χ0v) is 13.4. The van der Waals surface area contributed by atoms with Gasteiger partial charge in [-0.2, -0.15) is 0 Å². The quantitative estimate of drug-likeness (QED) is 0.846. The minimum atomic E-state index is 0.846. The molecular weight excluding hydrogens is 262 g/mol. The van der Waals surface area contributed by atoms with E-state index in [1.807, 2.05) is 13.0 Å². The standard InChI is InChI=1S/C16H25N5/c1-13-6-5-7-15(19-13)10-21(9-8-20(3)4)11-16-14(2)17-12-18-16/h5-7,12H,8-11H2,1-4H3,(H,17,18). The van der Waals surface area contributed by atoms with Crippen LogP contribution in [0.2, 0.25) is 0 Å². The van der Waals surface area contributed by atoms with Gasteiger partial charge in [-0.25, -0.2) is 4.98 Å². The van der Waals surface area contributed by atoms with Crippen LogP contribution in [0.3, 0.4) is 0 Å². The predicted molar refractivity (Wildman–Crippen MR) is 85.0 cm³/mol. The van der Waals surface area contributed by atoms with E-state index in [-0.39, 0.29) is 0 Å². The Labute approximate surface area is 127 Å². The molecular formula is C16H25N5. The molecule has 0 saturated heterocycles. The zero-order chi connectivity index (χ0) is 15.2. The van der Waals surface area contributed by atoms with Crippen LogP contribution in [0.4, 0.5) is 0 Å². The van der Waals surface area contributed by atoms with E-state index in [0.29, 0.717) is 0 Å². The van der Waals surface area contributed by atoms with E-state index in [9.17, 15) is 0 Å². The molecule has 0 aromatic carbocycles. The largest absolute Gasteiger partial charge is 0.348 e. The summed E-state index contributed by atoms with van der Waals surface area (Å²) in [6.07, 6.45) is 1.76. The van der Waals surface area contributed by atoms with Gasteiger partial charge in [0.25, 0.3) is 0 Å². The third kappa shape index (κ3) is 4.95. The highest BCUT2D eigenvalue weighted by atomic mass is 15.2. The number of hydrogen-bond acceptors (Lipinski definition) is 4. The molecule has 0 spiro atoms. The molecule has 5 heteroatoms. The number of aryl methyl sites for hydroxylation is 2. The van der Waals surface area contributed by atoms with Crippen molar-refractivity contribution in [3.05, 3.63) is 47.3 Å². The van der Waals surface area contributed by atoms with Gasteiger partial charge in [0.05, 0.1) is 17.7 Å². The lowest BCUT2D eigenvalue weighted by molar-refractivity contribution is 0.221. The van der Waals surface area contributed by atoms with E-state index >= 15 is 0 Å². The number of rotatable bonds is 7. The molecule has 0 saturated carbocycles. The molecule has 0 aliphatic rings. The van der Waals surface area contributed by atoms with Crippen molar-refractivity contribution in [2.75, 3.05) is 27.2 Å². The van der Waals surface area contributed by atoms with Crippen molar-refractivity contribution in [1.82, 2.24) is 24.8 Å². The molecule has 2 aromatic heterocycles. The van der Waals surface area contributed by atoms with E-state index < -0.39 is 0 Å². The molecule has 0 amide bonds. The van der Waals surface area contributed by atoms with Gasteiger partial charge in [0.2, 0.25) is 0 Å². The second kappa shape index (κ2) is 7.33. The third-order valence-electron chi connectivity index (χ3n) is 3.50. The number of H-pyrrole nitrogens is 1. The van der Waals surface area contributed by atoms with Crippen LogP contribution < -0.4 is 0 Å². The summed E-state index contributed by atoms with van der Waals surface area (Å²) in [5.74, 6) is 0. The Kier molecular flexibility index (Phi) is 5.47. The van der Waals surface area contributed by atoms with Crippen LogP contribution in [0.25, 0.3) is 0 Å². The van der Waals surface area contributed by atoms with E-state index in [2.05, 4.69) is 57.9 Å². The number of hydrogen-bond donors (Lipinski definition) is 1. The van der Waals surface area contributed by atoms with Crippen LogP contribution >= 0.6 is 0 Å². The van der Waals surface area contributed by atoms with E-state index in [1.165, 1.54) is 0 Å². The first-order valence-corrected chi connectivity index (χ1v) is 7.33. The number of aromatic amines is 1. The Morgan fingerprint density at radius 2 is 1.90 bits per heavy atom. The van der Waals surface area contributed by atoms with Crippen LogP contribution in [0.15, 0.2) is 24.5 Å². The van der Waals surface area contributed by atoms with Crippen molar-refractivity contribution in [3.8, 4) is 0 Å². The van der Waals surface area contributed by atoms with E-state index in [4.69, 9.17) is 0 Å². The Balaban J connectivity index is 2.06. The molecule has 0 aliphatic heterocycles. The van der Waals surface area contributed by atoms with Gasteiger partial charge in [-0.05, 0) is 40.1 Å². The highest BCUT2D eigenvalue weighted by molar-refractivity contribution is 5.11. The number of pyridine rings is 1. The molecule has 114 valence electrons. The van der Waals surface area contributed by atoms with E-state index in [1.54, 1.807) is 6.33 Å². The number of nitrogens with one attached hydrogen (secondary N) is 1. The maximum absolute atomic E-state index is 4.61. The second-order valence-corrected chi connectivity index (χ2v) is 5.76. The first kappa shape index (κ1) is 15.7. The smallest absolute Gasteiger partial charge is 0.0925 e. The Morgan fingerprint density at radius 3 is 2.52 bits per heavy atom. The zero-order valence-electron chi connectivity index (χ0n) is 13.4. The maximum Gasteiger partial charge on any atom is 0.0925 e. The van der Waals surface area contributed by atoms with Crippen molar-refractivity contribution >= 4 is 0 Å². The summed E-state index contributed by atoms with van der Waals surface area (Å²) in [5.41, 5.74) is 4.43. The fourth-order valence-electron chi connectivity index (χ4n) is 2.23. The highest BCUT2D eigenvalue weighted by Crippen LogP contribution is 2.10. The van der Waals surface area contributed by atoms with E-state index in [0.717, 1.165) is 49.0 Å². The lowest BCUT2D eigenvalue weighted by Gasteiger charge is -2.23. The molecule has 0 fully saturated rings. The van der Waals surface area contributed by atoms with Gasteiger partial charge < -0.3 is 9.88 Å². The van der Waals surface area contributed by atoms with Crippen LogP contribution in [0, 0.1) is 13.8 Å². The molecule has 0 unspecified atom stereocenters. The lowest BCUT2D eigenvalue weighted by Crippen LogP contribution is -2.31. The molecule has 2 aromatic rings. The number of aromatic nitrogens is 3. The fourth-order valence-corrected chi connectivity index (χ4v) is 2.23. The lowest BCUT2D eigenvalue weighted by atomic mass is 10.2. The molecule has 5 nitrogen and oxygen atoms in total. The summed E-state index contributed by atoms with van der Waals surface area (Å²) in [6, 6.07) is 6.19. The second-order valence-electron chi connectivity index (χ2n) is 5.76. The average molecular weight is 287 g/mol. The molecule has 21 heavy (non-hydrogen) atoms. The van der Waals surface area contributed by atoms with Crippen LogP contribution in [-0.2, 0) is 13.1 Å². The van der Waals surface area contributed by atoms with Crippen LogP contribution in [0.5, 0.6) is 0 Å². The van der Waals surface area contributed by atoms with Gasteiger partial charge in [-0.3, -0.25) is 9.88 Å². The summed E-state index contributed by atoms with van der Waals surface area (Å²) < 4.78 is 0. The summed E-state index contributed by atoms with van der Waals surface area (Å²) in [5, 5.41) is 0. The maximum atomic E-state index is 4.61. The minimum Gasteiger partial charge on any atom is -0.348 e. The van der Waals surface area contributed by atoms with Crippen molar-refractivity contribution in [2.45, 2.75) is 26.9 Å². The third-order valence-corrected chi connectivity index (χ3v) is 3.50. The molecule has 0 aliphatic carbocycles. The number of likely N-dealkylation sites (N-methyl/N-ethyl adjacent to an activating group) is 1. The first-order chi connectivity index (χ1) is 10.0. The van der Waals surface area contributed by atoms with Crippen molar-refractivity contribution in [2.24, 2.45) is 0 Å². The predicted octanol–water partition coefficient (Wildman–Crippen LogP) is 1.99. The van der Waals surface area contributed by atoms with Gasteiger partial charge in [0, 0.05) is 37.6 Å². The normalized spacial score (nSPS) is 11.5. The van der Waals surface area contributed by atoms with Gasteiger partial charge >= 0.3 is 0 Å². The summed E-state index contributed by atoms with van der Waals surface area (Å²) >= 11 is 0. The molecule has 2 heterocycles. The first-order valence-electron chi connectivity index (χ1n) is 7.33. The summed E-state index contributed by atoms with van der Waals surface area (Å²) in [6.45, 7) is 7.81. The number of imidazole rings is 1. The topological polar surface area (TPSA) is 48.0 Å². The molecule has 2 rings (SSSR count). The van der Waals surface area contributed by atoms with Crippen LogP contribution in [0.1, 0.15) is 22.8 Å². The number of nitrogens with zero attached hydrogens (tertiary/aromatic N) is 4. The van der Waals surface area contributed by atoms with Crippen LogP contribution in [-0.4, -0.2) is 51.9 Å². The Bertz CT molecular complexity index is 561. The summed E-state index contributed by atoms with van der Waals surface area (Å²) in [4.78, 5) is 16.8. The van der Waals surface area contributed by atoms with Gasteiger partial charge in [-0.15, -0.1) is 0 Å². The Hall–Kier alpha value is -1.72. The molecule has 0 bridgehead atoms. The molecule has 0 atom stereocenters. The Morgan fingerprint density at radius 1 is 1.10 bits per heavy atom. The van der Waals surface area contributed by atoms with Gasteiger partial charge in [0.1, 0.15) is 0 Å². The van der Waals surface area contributed by atoms with Crippen molar-refractivity contribution < 1.29 is 0 Å². The van der Waals surface area contributed by atoms with Gasteiger partial charge in [-0.1, -0.05) is 6.07 Å². The monoisotopic (exact) mass is 287 g/mol. The average Bonchev–Trinajstić information content (AvgIpc) is 2.81. The van der Waals surface area contributed by atoms with Crippen molar-refractivity contribution in [3.63, 3.8) is 0 Å². The van der Waals surface area contributed by atoms with Gasteiger partial charge in [0.15, 0.2) is 0 Å². The van der Waals surface area contributed by atoms with Crippen molar-refractivity contribution in [1.29, 1.82) is 0 Å². The highest BCUT2D eigenvalue weighted by Gasteiger charge is 2.11. The molecule has 1 N–H and O–H groups in total. The minimum absolute atomic E-state index is 0.846. The summed E-state index contributed by atoms with van der Waals surface area (Å²) in [7, 11) is 4.20. The fraction of sp³-hybridized carbons (Fsp3) is 0.500.